The van der Waals surface area contributed by atoms with E-state index in [0.717, 1.165) is 75.4 Å². The molecule has 0 bridgehead atoms. The molecule has 6 heteroatoms. The van der Waals surface area contributed by atoms with Crippen molar-refractivity contribution in [1.82, 2.24) is 14.7 Å². The quantitative estimate of drug-likeness (QED) is 0.740. The van der Waals surface area contributed by atoms with Gasteiger partial charge in [0.05, 0.1) is 4.88 Å². The van der Waals surface area contributed by atoms with Gasteiger partial charge in [-0.05, 0) is 42.8 Å². The topological polar surface area (TPSA) is 43.9 Å². The summed E-state index contributed by atoms with van der Waals surface area (Å²) in [6.07, 6.45) is 5.21. The van der Waals surface area contributed by atoms with Crippen molar-refractivity contribution in [2.24, 2.45) is 0 Å². The number of nitrogens with zero attached hydrogens (tertiary/aromatic N) is 3. The number of hydrogen-bond acceptors (Lipinski definition) is 4. The lowest BCUT2D eigenvalue weighted by Crippen LogP contribution is -2.48. The van der Waals surface area contributed by atoms with Crippen LogP contribution >= 0.6 is 11.3 Å². The molecule has 4 rings (SSSR count). The molecule has 2 fully saturated rings. The second kappa shape index (κ2) is 9.48. The fourth-order valence-corrected chi connectivity index (χ4v) is 6.13. The van der Waals surface area contributed by atoms with Crippen molar-refractivity contribution < 1.29 is 9.59 Å². The Kier molecular flexibility index (Phi) is 6.74. The van der Waals surface area contributed by atoms with Crippen LogP contribution in [0, 0.1) is 0 Å². The number of thiophene rings is 1. The molecule has 0 N–H and O–H groups in total. The maximum atomic E-state index is 13.5. The predicted octanol–water partition coefficient (Wildman–Crippen LogP) is 4.01. The lowest BCUT2D eigenvalue weighted by atomic mass is 9.97. The van der Waals surface area contributed by atoms with Crippen molar-refractivity contribution in [2.75, 3.05) is 39.3 Å². The highest BCUT2D eigenvalue weighted by molar-refractivity contribution is 7.21. The summed E-state index contributed by atoms with van der Waals surface area (Å²) < 4.78 is 1.17. The Bertz CT molecular complexity index is 901. The summed E-state index contributed by atoms with van der Waals surface area (Å²) in [5.41, 5.74) is 1.15. The third-order valence-corrected chi connectivity index (χ3v) is 7.92. The smallest absolute Gasteiger partial charge is 0.264 e. The van der Waals surface area contributed by atoms with Gasteiger partial charge in [-0.3, -0.25) is 9.59 Å². The first-order valence-electron chi connectivity index (χ1n) is 11.4. The maximum absolute atomic E-state index is 13.5. The molecule has 30 heavy (non-hydrogen) atoms. The zero-order valence-corrected chi connectivity index (χ0v) is 19.0. The van der Waals surface area contributed by atoms with Gasteiger partial charge in [-0.25, -0.2) is 0 Å². The summed E-state index contributed by atoms with van der Waals surface area (Å²) >= 11 is 1.63. The van der Waals surface area contributed by atoms with E-state index in [2.05, 4.69) is 30.0 Å². The summed E-state index contributed by atoms with van der Waals surface area (Å²) in [4.78, 5) is 33.2. The number of benzene rings is 1. The van der Waals surface area contributed by atoms with E-state index in [9.17, 15) is 9.59 Å². The molecule has 2 amide bonds. The lowest BCUT2D eigenvalue weighted by molar-refractivity contribution is -0.131. The molecule has 0 radical (unpaired) electrons. The number of carbonyl (C=O) groups excluding carboxylic acids is 2. The Labute approximate surface area is 183 Å². The van der Waals surface area contributed by atoms with Crippen LogP contribution in [0.25, 0.3) is 10.1 Å². The van der Waals surface area contributed by atoms with Crippen LogP contribution in [0.1, 0.15) is 54.8 Å². The Balaban J connectivity index is 1.65. The number of likely N-dealkylation sites (tertiary alicyclic amines) is 1. The summed E-state index contributed by atoms with van der Waals surface area (Å²) in [6.45, 7) is 9.22. The Hall–Kier alpha value is -1.92. The monoisotopic (exact) mass is 427 g/mol. The van der Waals surface area contributed by atoms with E-state index in [-0.39, 0.29) is 17.9 Å². The zero-order chi connectivity index (χ0) is 21.1. The van der Waals surface area contributed by atoms with E-state index in [1.54, 1.807) is 18.3 Å². The van der Waals surface area contributed by atoms with Crippen LogP contribution in [0.4, 0.5) is 0 Å². The van der Waals surface area contributed by atoms with Gasteiger partial charge in [0.15, 0.2) is 0 Å². The third kappa shape index (κ3) is 4.40. The average Bonchev–Trinajstić information content (AvgIpc) is 2.95. The van der Waals surface area contributed by atoms with E-state index in [1.165, 1.54) is 16.5 Å². The van der Waals surface area contributed by atoms with E-state index >= 15 is 0 Å². The summed E-state index contributed by atoms with van der Waals surface area (Å²) in [5, 5.41) is 1.19. The highest BCUT2D eigenvalue weighted by atomic mass is 32.1. The summed E-state index contributed by atoms with van der Waals surface area (Å²) in [7, 11) is 0. The molecular formula is C24H33N3O2S. The van der Waals surface area contributed by atoms with Crippen molar-refractivity contribution in [2.45, 2.75) is 52.0 Å². The summed E-state index contributed by atoms with van der Waals surface area (Å²) in [5.74, 6) is 0.329. The molecule has 0 spiro atoms. The number of piperazine rings is 1. The van der Waals surface area contributed by atoms with Gasteiger partial charge in [0, 0.05) is 50.4 Å². The number of fused-ring (bicyclic) bond motifs is 1. The number of carbonyl (C=O) groups is 2. The van der Waals surface area contributed by atoms with E-state index in [0.29, 0.717) is 0 Å². The van der Waals surface area contributed by atoms with E-state index in [4.69, 9.17) is 0 Å². The molecule has 162 valence electrons. The second-order valence-corrected chi connectivity index (χ2v) is 9.60. The zero-order valence-electron chi connectivity index (χ0n) is 18.2. The van der Waals surface area contributed by atoms with Crippen molar-refractivity contribution in [3.63, 3.8) is 0 Å². The second-order valence-electron chi connectivity index (χ2n) is 8.55. The summed E-state index contributed by atoms with van der Waals surface area (Å²) in [6, 6.07) is 8.55. The molecule has 2 aliphatic heterocycles. The molecule has 2 aliphatic rings. The molecule has 2 saturated heterocycles. The van der Waals surface area contributed by atoms with Crippen LogP contribution in [0.2, 0.25) is 0 Å². The lowest BCUT2D eigenvalue weighted by Gasteiger charge is -2.34. The van der Waals surface area contributed by atoms with Crippen molar-refractivity contribution >= 4 is 33.2 Å². The molecule has 0 aliphatic carbocycles. The third-order valence-electron chi connectivity index (χ3n) is 6.72. The predicted molar refractivity (Wildman–Crippen MR) is 123 cm³/mol. The van der Waals surface area contributed by atoms with Crippen LogP contribution in [0.15, 0.2) is 24.3 Å². The largest absolute Gasteiger partial charge is 0.340 e. The average molecular weight is 428 g/mol. The first-order valence-corrected chi connectivity index (χ1v) is 12.2. The standard InChI is InChI=1S/C24H33N3O2S/c1-3-25-13-15-26(16-14-25)24(29)23-21(20-10-6-7-11-22(20)30-23)17-19-9-5-4-8-12-27(19)18(2)28/h6-7,10-11,19H,3-5,8-9,12-17H2,1-2H3/t19-/m1/s1. The SMILES string of the molecule is CCN1CCN(C(=O)c2sc3ccccc3c2C[C@H]2CCCCCN2C(C)=O)CC1. The Morgan fingerprint density at radius 3 is 2.53 bits per heavy atom. The Morgan fingerprint density at radius 2 is 1.80 bits per heavy atom. The first kappa shape index (κ1) is 21.3. The molecule has 1 aromatic heterocycles. The van der Waals surface area contributed by atoms with Gasteiger partial charge >= 0.3 is 0 Å². The number of rotatable bonds is 4. The number of hydrogen-bond donors (Lipinski definition) is 0. The van der Waals surface area contributed by atoms with Gasteiger partial charge in [-0.15, -0.1) is 11.3 Å². The van der Waals surface area contributed by atoms with Crippen LogP contribution in [-0.4, -0.2) is 71.8 Å². The van der Waals surface area contributed by atoms with E-state index in [1.807, 2.05) is 15.9 Å². The number of amides is 2. The molecule has 5 nitrogen and oxygen atoms in total. The van der Waals surface area contributed by atoms with Crippen LogP contribution in [-0.2, 0) is 11.2 Å². The van der Waals surface area contributed by atoms with Crippen LogP contribution in [0.3, 0.4) is 0 Å². The fraction of sp³-hybridized carbons (Fsp3) is 0.583. The minimum absolute atomic E-state index is 0.157. The Morgan fingerprint density at radius 1 is 1.03 bits per heavy atom. The highest BCUT2D eigenvalue weighted by Crippen LogP contribution is 2.35. The van der Waals surface area contributed by atoms with Crippen molar-refractivity contribution in [1.29, 1.82) is 0 Å². The van der Waals surface area contributed by atoms with Crippen molar-refractivity contribution in [3.8, 4) is 0 Å². The normalized spacial score (nSPS) is 21.1. The molecule has 1 aromatic carbocycles. The van der Waals surface area contributed by atoms with Gasteiger partial charge in [0.1, 0.15) is 0 Å². The first-order chi connectivity index (χ1) is 14.6. The van der Waals surface area contributed by atoms with Crippen LogP contribution < -0.4 is 0 Å². The van der Waals surface area contributed by atoms with Gasteiger partial charge in [-0.2, -0.15) is 0 Å². The molecular weight excluding hydrogens is 394 g/mol. The number of likely N-dealkylation sites (N-methyl/N-ethyl adjacent to an activating group) is 1. The molecule has 0 saturated carbocycles. The molecule has 2 aromatic rings. The maximum Gasteiger partial charge on any atom is 0.264 e. The van der Waals surface area contributed by atoms with Gasteiger partial charge in [0.2, 0.25) is 5.91 Å². The minimum Gasteiger partial charge on any atom is -0.340 e. The fourth-order valence-electron chi connectivity index (χ4n) is 4.92. The van der Waals surface area contributed by atoms with Gasteiger partial charge < -0.3 is 14.7 Å². The minimum atomic E-state index is 0.157. The van der Waals surface area contributed by atoms with Gasteiger partial charge in [-0.1, -0.05) is 38.0 Å². The molecule has 0 unspecified atom stereocenters. The van der Waals surface area contributed by atoms with Crippen molar-refractivity contribution in [3.05, 3.63) is 34.7 Å². The molecule has 3 heterocycles. The molecule has 1 atom stereocenters. The van der Waals surface area contributed by atoms with Gasteiger partial charge in [0.25, 0.3) is 5.91 Å². The van der Waals surface area contributed by atoms with E-state index < -0.39 is 0 Å². The highest BCUT2D eigenvalue weighted by Gasteiger charge is 2.30. The van der Waals surface area contributed by atoms with Crippen LogP contribution in [0.5, 0.6) is 0 Å².